The molecule has 1 atom stereocenters. The van der Waals surface area contributed by atoms with Crippen molar-refractivity contribution in [3.63, 3.8) is 0 Å². The minimum atomic E-state index is -1.26. The monoisotopic (exact) mass is 420 g/mol. The first-order valence-corrected chi connectivity index (χ1v) is 10.0. The van der Waals surface area contributed by atoms with E-state index in [9.17, 15) is 24.3 Å². The summed E-state index contributed by atoms with van der Waals surface area (Å²) >= 11 is 0. The highest BCUT2D eigenvalue weighted by atomic mass is 16.5. The van der Waals surface area contributed by atoms with Crippen molar-refractivity contribution in [2.45, 2.75) is 45.4 Å². The molecule has 8 heteroatoms. The van der Waals surface area contributed by atoms with Crippen LogP contribution in [0, 0.1) is 11.3 Å². The molecule has 8 nitrogen and oxygen atoms in total. The van der Waals surface area contributed by atoms with Crippen LogP contribution in [-0.2, 0) is 35.0 Å². The number of ether oxygens (including phenoxy) is 3. The number of methoxy groups -OCH3 is 1. The van der Waals surface area contributed by atoms with Gasteiger partial charge in [-0.3, -0.25) is 14.4 Å². The number of carbonyl (C=O) groups is 4. The average molecular weight is 420 g/mol. The molecule has 1 aromatic carbocycles. The van der Waals surface area contributed by atoms with E-state index in [0.717, 1.165) is 18.4 Å². The van der Waals surface area contributed by atoms with Crippen molar-refractivity contribution < 1.29 is 38.5 Å². The highest BCUT2D eigenvalue weighted by Gasteiger charge is 2.45. The number of carbonyl (C=O) groups excluding carboxylic acids is 3. The number of hydrogen-bond donors (Lipinski definition) is 1. The minimum Gasteiger partial charge on any atom is -0.481 e. The van der Waals surface area contributed by atoms with E-state index in [1.54, 1.807) is 31.2 Å². The van der Waals surface area contributed by atoms with Gasteiger partial charge in [0.15, 0.2) is 5.92 Å². The maximum atomic E-state index is 12.3. The van der Waals surface area contributed by atoms with E-state index >= 15 is 0 Å². The Morgan fingerprint density at radius 3 is 2.30 bits per heavy atom. The lowest BCUT2D eigenvalue weighted by molar-refractivity contribution is -0.159. The molecule has 1 N–H and O–H groups in total. The maximum absolute atomic E-state index is 12.3. The molecule has 0 spiro atoms. The van der Waals surface area contributed by atoms with Crippen LogP contribution < -0.4 is 0 Å². The Balaban J connectivity index is 1.80. The third kappa shape index (κ3) is 6.86. The zero-order valence-corrected chi connectivity index (χ0v) is 17.3. The van der Waals surface area contributed by atoms with Gasteiger partial charge in [0.05, 0.1) is 32.3 Å². The third-order valence-corrected chi connectivity index (χ3v) is 5.34. The minimum absolute atomic E-state index is 0.0359. The summed E-state index contributed by atoms with van der Waals surface area (Å²) in [4.78, 5) is 46.9. The number of aliphatic carboxylic acids is 1. The van der Waals surface area contributed by atoms with Gasteiger partial charge in [0.25, 0.3) is 0 Å². The zero-order chi connectivity index (χ0) is 22.1. The van der Waals surface area contributed by atoms with Gasteiger partial charge in [0.1, 0.15) is 0 Å². The topological polar surface area (TPSA) is 116 Å². The van der Waals surface area contributed by atoms with Gasteiger partial charge in [0, 0.05) is 6.42 Å². The third-order valence-electron chi connectivity index (χ3n) is 5.34. The summed E-state index contributed by atoms with van der Waals surface area (Å²) in [6, 6.07) is 6.67. The Morgan fingerprint density at radius 1 is 1.10 bits per heavy atom. The van der Waals surface area contributed by atoms with Gasteiger partial charge in [-0.05, 0) is 55.7 Å². The smallest absolute Gasteiger partial charge is 0.337 e. The van der Waals surface area contributed by atoms with E-state index in [2.05, 4.69) is 4.74 Å². The SMILES string of the molecule is CCOC(=O)CC1(CCC(C(=O)O)C(=O)OCCc2ccc(C(=O)OC)cc2)CC1. The molecule has 0 radical (unpaired) electrons. The van der Waals surface area contributed by atoms with Crippen LogP contribution in [0.4, 0.5) is 0 Å². The van der Waals surface area contributed by atoms with Crippen LogP contribution in [0.2, 0.25) is 0 Å². The van der Waals surface area contributed by atoms with Crippen LogP contribution in [0.15, 0.2) is 24.3 Å². The number of rotatable bonds is 12. The molecule has 1 unspecified atom stereocenters. The van der Waals surface area contributed by atoms with E-state index in [1.807, 2.05) is 0 Å². The van der Waals surface area contributed by atoms with Gasteiger partial charge in [-0.2, -0.15) is 0 Å². The quantitative estimate of drug-likeness (QED) is 0.312. The van der Waals surface area contributed by atoms with E-state index in [4.69, 9.17) is 9.47 Å². The lowest BCUT2D eigenvalue weighted by atomic mass is 9.91. The fraction of sp³-hybridized carbons (Fsp3) is 0.545. The summed E-state index contributed by atoms with van der Waals surface area (Å²) < 4.78 is 14.8. The largest absolute Gasteiger partial charge is 0.481 e. The number of carboxylic acids is 1. The van der Waals surface area contributed by atoms with Crippen molar-refractivity contribution in [1.82, 2.24) is 0 Å². The lowest BCUT2D eigenvalue weighted by Crippen LogP contribution is -2.27. The molecule has 1 aliphatic rings. The van der Waals surface area contributed by atoms with Crippen molar-refractivity contribution in [3.05, 3.63) is 35.4 Å². The van der Waals surface area contributed by atoms with Crippen molar-refractivity contribution >= 4 is 23.9 Å². The molecule has 0 aliphatic heterocycles. The molecule has 30 heavy (non-hydrogen) atoms. The number of benzene rings is 1. The predicted octanol–water partition coefficient (Wildman–Crippen LogP) is 2.77. The second-order valence-electron chi connectivity index (χ2n) is 7.52. The van der Waals surface area contributed by atoms with Gasteiger partial charge in [-0.15, -0.1) is 0 Å². The van der Waals surface area contributed by atoms with Crippen molar-refractivity contribution in [3.8, 4) is 0 Å². The summed E-state index contributed by atoms with van der Waals surface area (Å²) in [5.41, 5.74) is 1.01. The van der Waals surface area contributed by atoms with Gasteiger partial charge in [-0.1, -0.05) is 12.1 Å². The van der Waals surface area contributed by atoms with E-state index < -0.39 is 23.8 Å². The molecule has 164 valence electrons. The molecule has 0 aromatic heterocycles. The fourth-order valence-corrected chi connectivity index (χ4v) is 3.30. The van der Waals surface area contributed by atoms with Crippen LogP contribution >= 0.6 is 0 Å². The predicted molar refractivity (Wildman–Crippen MR) is 106 cm³/mol. The molecule has 0 heterocycles. The maximum Gasteiger partial charge on any atom is 0.337 e. The van der Waals surface area contributed by atoms with Gasteiger partial charge >= 0.3 is 23.9 Å². The van der Waals surface area contributed by atoms with Gasteiger partial charge in [-0.25, -0.2) is 4.79 Å². The van der Waals surface area contributed by atoms with Crippen molar-refractivity contribution in [2.24, 2.45) is 11.3 Å². The molecule has 1 fully saturated rings. The summed E-state index contributed by atoms with van der Waals surface area (Å²) in [6.45, 7) is 2.08. The number of carboxylic acid groups (broad SMARTS) is 1. The number of esters is 3. The standard InChI is InChI=1S/C22H28O8/c1-3-29-18(23)14-22(11-12-22)10-8-17(19(24)25)21(27)30-13-9-15-4-6-16(7-5-15)20(26)28-2/h4-7,17H,3,8-14H2,1-2H3,(H,24,25). The van der Waals surface area contributed by atoms with Crippen LogP contribution in [0.25, 0.3) is 0 Å². The second-order valence-corrected chi connectivity index (χ2v) is 7.52. The van der Waals surface area contributed by atoms with Crippen LogP contribution in [0.3, 0.4) is 0 Å². The van der Waals surface area contributed by atoms with Crippen LogP contribution in [-0.4, -0.2) is 49.3 Å². The van der Waals surface area contributed by atoms with E-state index in [1.165, 1.54) is 7.11 Å². The normalized spacial score (nSPS) is 15.0. The molecule has 1 aliphatic carbocycles. The van der Waals surface area contributed by atoms with Crippen LogP contribution in [0.1, 0.15) is 54.9 Å². The molecular weight excluding hydrogens is 392 g/mol. The van der Waals surface area contributed by atoms with Crippen molar-refractivity contribution in [1.29, 1.82) is 0 Å². The summed E-state index contributed by atoms with van der Waals surface area (Å²) in [7, 11) is 1.30. The molecule has 2 rings (SSSR count). The average Bonchev–Trinajstić information content (AvgIpc) is 3.47. The lowest BCUT2D eigenvalue weighted by Gasteiger charge is -2.17. The first kappa shape index (κ1) is 23.4. The molecule has 0 amide bonds. The Labute approximate surface area is 175 Å². The summed E-state index contributed by atoms with van der Waals surface area (Å²) in [5.74, 6) is -3.99. The zero-order valence-electron chi connectivity index (χ0n) is 17.3. The van der Waals surface area contributed by atoms with Gasteiger partial charge in [0.2, 0.25) is 0 Å². The van der Waals surface area contributed by atoms with Gasteiger partial charge < -0.3 is 19.3 Å². The summed E-state index contributed by atoms with van der Waals surface area (Å²) in [6.07, 6.45) is 2.90. The molecule has 0 saturated heterocycles. The molecular formula is C22H28O8. The molecule has 1 aromatic rings. The second kappa shape index (κ2) is 10.8. The Morgan fingerprint density at radius 2 is 1.77 bits per heavy atom. The van der Waals surface area contributed by atoms with Crippen LogP contribution in [0.5, 0.6) is 0 Å². The highest BCUT2D eigenvalue weighted by Crippen LogP contribution is 2.53. The first-order chi connectivity index (χ1) is 14.3. The van der Waals surface area contributed by atoms with E-state index in [-0.39, 0.29) is 30.8 Å². The molecule has 1 saturated carbocycles. The first-order valence-electron chi connectivity index (χ1n) is 10.0. The Kier molecular flexibility index (Phi) is 8.38. The Bertz CT molecular complexity index is 764. The van der Waals surface area contributed by atoms with Crippen molar-refractivity contribution in [2.75, 3.05) is 20.3 Å². The summed E-state index contributed by atoms with van der Waals surface area (Å²) in [5, 5.41) is 9.41. The van der Waals surface area contributed by atoms with E-state index in [0.29, 0.717) is 25.0 Å². The molecule has 0 bridgehead atoms. The highest BCUT2D eigenvalue weighted by molar-refractivity contribution is 5.93. The fourth-order valence-electron chi connectivity index (χ4n) is 3.30. The number of hydrogen-bond acceptors (Lipinski definition) is 7. The Hall–Kier alpha value is -2.90.